The lowest BCUT2D eigenvalue weighted by atomic mass is 10.0. The number of nitrogens with zero attached hydrogens (tertiary/aromatic N) is 2. The lowest BCUT2D eigenvalue weighted by Crippen LogP contribution is -2.09. The summed E-state index contributed by atoms with van der Waals surface area (Å²) in [7, 11) is 3.31. The van der Waals surface area contributed by atoms with Gasteiger partial charge in [-0.15, -0.1) is 0 Å². The summed E-state index contributed by atoms with van der Waals surface area (Å²) in [5, 5.41) is 9.07. The maximum absolute atomic E-state index is 11.0. The van der Waals surface area contributed by atoms with Gasteiger partial charge in [0, 0.05) is 11.1 Å². The number of hydrogen-bond acceptors (Lipinski definition) is 5. The minimum atomic E-state index is -0.730. The molecule has 0 aliphatic rings. The first-order valence-electron chi connectivity index (χ1n) is 13.3. The number of aromatic nitrogens is 2. The number of carboxylic acids is 1. The first kappa shape index (κ1) is 27.8. The van der Waals surface area contributed by atoms with Crippen LogP contribution in [0, 0.1) is 5.92 Å². The Labute approximate surface area is 230 Å². The van der Waals surface area contributed by atoms with Crippen molar-refractivity contribution in [2.24, 2.45) is 5.92 Å². The summed E-state index contributed by atoms with van der Waals surface area (Å²) < 4.78 is 19.1. The summed E-state index contributed by atoms with van der Waals surface area (Å²) in [6.45, 7) is 2.28. The van der Waals surface area contributed by atoms with Crippen molar-refractivity contribution in [1.82, 2.24) is 9.55 Å². The van der Waals surface area contributed by atoms with E-state index in [0.717, 1.165) is 65.4 Å². The van der Waals surface area contributed by atoms with Crippen LogP contribution in [0.3, 0.4) is 0 Å². The average Bonchev–Trinajstić information content (AvgIpc) is 3.36. The molecule has 1 N–H and O–H groups in total. The fraction of sp³-hybridized carbons (Fsp3) is 0.312. The molecule has 1 aromatic heterocycles. The zero-order valence-electron chi connectivity index (χ0n) is 22.8. The molecular formula is C32H36N2O5. The van der Waals surface area contributed by atoms with Gasteiger partial charge in [-0.2, -0.15) is 4.98 Å². The third kappa shape index (κ3) is 6.99. The van der Waals surface area contributed by atoms with Gasteiger partial charge in [-0.05, 0) is 73.5 Å². The second-order valence-electron chi connectivity index (χ2n) is 9.51. The zero-order chi connectivity index (χ0) is 27.6. The summed E-state index contributed by atoms with van der Waals surface area (Å²) in [6, 6.07) is 26.4. The lowest BCUT2D eigenvalue weighted by molar-refractivity contribution is -0.141. The third-order valence-corrected chi connectivity index (χ3v) is 6.77. The van der Waals surface area contributed by atoms with Crippen LogP contribution in [0.4, 0.5) is 0 Å². The number of carbonyl (C=O) groups is 1. The maximum Gasteiger partial charge on any atom is 0.306 e. The Morgan fingerprint density at radius 1 is 0.821 bits per heavy atom. The molecule has 0 radical (unpaired) electrons. The number of unbranched alkanes of at least 4 members (excludes halogenated alkanes) is 3. The number of benzene rings is 3. The molecule has 1 heterocycles. The first-order valence-corrected chi connectivity index (χ1v) is 13.3. The molecule has 0 bridgehead atoms. The molecule has 7 nitrogen and oxygen atoms in total. The third-order valence-electron chi connectivity index (χ3n) is 6.77. The van der Waals surface area contributed by atoms with E-state index >= 15 is 0 Å². The highest BCUT2D eigenvalue weighted by atomic mass is 16.5. The van der Waals surface area contributed by atoms with Gasteiger partial charge in [-0.3, -0.25) is 9.36 Å². The molecule has 39 heavy (non-hydrogen) atoms. The van der Waals surface area contributed by atoms with E-state index in [1.807, 2.05) is 78.9 Å². The molecule has 3 aromatic carbocycles. The van der Waals surface area contributed by atoms with Crippen LogP contribution in [0.25, 0.3) is 28.2 Å². The number of imidazole rings is 1. The van der Waals surface area contributed by atoms with E-state index in [-0.39, 0.29) is 5.92 Å². The quantitative estimate of drug-likeness (QED) is 0.173. The Morgan fingerprint density at radius 3 is 2.00 bits per heavy atom. The minimum absolute atomic E-state index is 0.299. The van der Waals surface area contributed by atoms with E-state index in [2.05, 4.69) is 4.57 Å². The zero-order valence-corrected chi connectivity index (χ0v) is 22.8. The highest BCUT2D eigenvalue weighted by Gasteiger charge is 2.23. The molecular weight excluding hydrogens is 492 g/mol. The van der Waals surface area contributed by atoms with Crippen LogP contribution in [0.2, 0.25) is 0 Å². The second kappa shape index (κ2) is 13.5. The van der Waals surface area contributed by atoms with Crippen molar-refractivity contribution in [1.29, 1.82) is 0 Å². The van der Waals surface area contributed by atoms with Crippen molar-refractivity contribution >= 4 is 5.97 Å². The van der Waals surface area contributed by atoms with E-state index in [1.165, 1.54) is 0 Å². The van der Waals surface area contributed by atoms with Crippen LogP contribution in [-0.4, -0.2) is 41.5 Å². The van der Waals surface area contributed by atoms with Crippen LogP contribution in [0.15, 0.2) is 78.9 Å². The topological polar surface area (TPSA) is 82.8 Å². The van der Waals surface area contributed by atoms with E-state index in [4.69, 9.17) is 24.3 Å². The smallest absolute Gasteiger partial charge is 0.306 e. The van der Waals surface area contributed by atoms with E-state index in [9.17, 15) is 4.79 Å². The number of rotatable bonds is 14. The number of carboxylic acid groups (broad SMARTS) is 1. The predicted molar refractivity (Wildman–Crippen MR) is 153 cm³/mol. The standard InChI is InChI=1S/C32H36N2O5/c1-23(31(35)36)11-7-4-5-10-22-39-32-33-29(24-14-18-27(37-2)19-15-24)30(25-16-20-28(38-3)21-17-25)34(32)26-12-8-6-9-13-26/h6,8-9,12-21,23H,4-5,7,10-11,22H2,1-3H3,(H,35,36). The molecule has 204 valence electrons. The summed E-state index contributed by atoms with van der Waals surface area (Å²) in [5.41, 5.74) is 4.62. The molecule has 0 amide bonds. The summed E-state index contributed by atoms with van der Waals surface area (Å²) in [5.74, 6) is 0.532. The van der Waals surface area contributed by atoms with E-state index < -0.39 is 5.97 Å². The molecule has 0 saturated heterocycles. The molecule has 0 saturated carbocycles. The van der Waals surface area contributed by atoms with Gasteiger partial charge in [0.15, 0.2) is 0 Å². The van der Waals surface area contributed by atoms with Crippen LogP contribution < -0.4 is 14.2 Å². The normalized spacial score (nSPS) is 11.7. The molecule has 0 fully saturated rings. The van der Waals surface area contributed by atoms with Crippen molar-refractivity contribution in [3.8, 4) is 45.7 Å². The van der Waals surface area contributed by atoms with Crippen LogP contribution in [0.1, 0.15) is 39.0 Å². The van der Waals surface area contributed by atoms with Gasteiger partial charge < -0.3 is 19.3 Å². The highest BCUT2D eigenvalue weighted by molar-refractivity contribution is 5.81. The number of aliphatic carboxylic acids is 1. The summed E-state index contributed by atoms with van der Waals surface area (Å²) in [6.07, 6.45) is 4.40. The largest absolute Gasteiger partial charge is 0.497 e. The van der Waals surface area contributed by atoms with E-state index in [0.29, 0.717) is 19.0 Å². The fourth-order valence-corrected chi connectivity index (χ4v) is 4.47. The fourth-order valence-electron chi connectivity index (χ4n) is 4.47. The van der Waals surface area contributed by atoms with Crippen molar-refractivity contribution in [2.45, 2.75) is 39.0 Å². The first-order chi connectivity index (χ1) is 19.0. The van der Waals surface area contributed by atoms with Gasteiger partial charge in [-0.25, -0.2) is 0 Å². The Kier molecular flexibility index (Phi) is 9.62. The monoisotopic (exact) mass is 528 g/mol. The molecule has 0 aliphatic heterocycles. The maximum atomic E-state index is 11.0. The van der Waals surface area contributed by atoms with Crippen LogP contribution in [0.5, 0.6) is 17.5 Å². The number of ether oxygens (including phenoxy) is 3. The van der Waals surface area contributed by atoms with Gasteiger partial charge in [0.05, 0.1) is 38.1 Å². The molecule has 1 atom stereocenters. The van der Waals surface area contributed by atoms with Crippen molar-refractivity contribution in [3.05, 3.63) is 78.9 Å². The Hall–Kier alpha value is -4.26. The van der Waals surface area contributed by atoms with Gasteiger partial charge in [0.1, 0.15) is 17.2 Å². The summed E-state index contributed by atoms with van der Waals surface area (Å²) in [4.78, 5) is 16.0. The minimum Gasteiger partial charge on any atom is -0.497 e. The Morgan fingerprint density at radius 2 is 1.41 bits per heavy atom. The number of methoxy groups -OCH3 is 2. The van der Waals surface area contributed by atoms with E-state index in [1.54, 1.807) is 21.1 Å². The SMILES string of the molecule is COc1ccc(-c2nc(OCCCCCCC(C)C(=O)O)n(-c3ccccc3)c2-c2ccc(OC)cc2)cc1. The number of para-hydroxylation sites is 1. The van der Waals surface area contributed by atoms with Crippen molar-refractivity contribution < 1.29 is 24.1 Å². The molecule has 4 aromatic rings. The molecule has 0 aliphatic carbocycles. The lowest BCUT2D eigenvalue weighted by Gasteiger charge is -2.14. The molecule has 7 heteroatoms. The number of hydrogen-bond donors (Lipinski definition) is 1. The molecule has 1 unspecified atom stereocenters. The van der Waals surface area contributed by atoms with Crippen molar-refractivity contribution in [2.75, 3.05) is 20.8 Å². The Balaban J connectivity index is 1.65. The second-order valence-corrected chi connectivity index (χ2v) is 9.51. The highest BCUT2D eigenvalue weighted by Crippen LogP contribution is 2.39. The molecule has 0 spiro atoms. The summed E-state index contributed by atoms with van der Waals surface area (Å²) >= 11 is 0. The van der Waals surface area contributed by atoms with Crippen molar-refractivity contribution in [3.63, 3.8) is 0 Å². The van der Waals surface area contributed by atoms with Gasteiger partial charge in [-0.1, -0.05) is 44.4 Å². The van der Waals surface area contributed by atoms with Crippen LogP contribution in [-0.2, 0) is 4.79 Å². The van der Waals surface area contributed by atoms with Gasteiger partial charge >= 0.3 is 12.0 Å². The predicted octanol–water partition coefficient (Wildman–Crippen LogP) is 7.27. The molecule has 4 rings (SSSR count). The van der Waals surface area contributed by atoms with Gasteiger partial charge in [0.2, 0.25) is 0 Å². The van der Waals surface area contributed by atoms with Crippen LogP contribution >= 0.6 is 0 Å². The average molecular weight is 529 g/mol. The Bertz CT molecular complexity index is 1330. The van der Waals surface area contributed by atoms with Gasteiger partial charge in [0.25, 0.3) is 0 Å².